The zero-order chi connectivity index (χ0) is 13.7. The van der Waals surface area contributed by atoms with Gasteiger partial charge in [0.2, 0.25) is 0 Å². The number of nitrogens with zero attached hydrogens (tertiary/aromatic N) is 3. The van der Waals surface area contributed by atoms with Crippen molar-refractivity contribution in [2.45, 2.75) is 25.8 Å². The molecule has 0 spiro atoms. The van der Waals surface area contributed by atoms with Crippen molar-refractivity contribution in [1.82, 2.24) is 9.80 Å². The van der Waals surface area contributed by atoms with Gasteiger partial charge >= 0.3 is 0 Å². The van der Waals surface area contributed by atoms with Crippen molar-refractivity contribution >= 4 is 5.84 Å². The lowest BCUT2D eigenvalue weighted by Gasteiger charge is -2.39. The molecule has 2 unspecified atom stereocenters. The Morgan fingerprint density at radius 3 is 2.68 bits per heavy atom. The van der Waals surface area contributed by atoms with Crippen LogP contribution >= 0.6 is 0 Å². The monoisotopic (exact) mass is 270 g/mol. The van der Waals surface area contributed by atoms with Crippen molar-refractivity contribution in [3.8, 4) is 0 Å². The molecule has 2 fully saturated rings. The highest BCUT2D eigenvalue weighted by Gasteiger charge is 2.27. The summed E-state index contributed by atoms with van der Waals surface area (Å²) in [5, 5.41) is 12.0. The molecule has 2 aliphatic rings. The molecule has 0 aliphatic carbocycles. The Balaban J connectivity index is 1.77. The number of ether oxygens (including phenoxy) is 1. The summed E-state index contributed by atoms with van der Waals surface area (Å²) in [6, 6.07) is 0.0713. The van der Waals surface area contributed by atoms with Crippen molar-refractivity contribution in [1.29, 1.82) is 0 Å². The molecule has 3 N–H and O–H groups in total. The van der Waals surface area contributed by atoms with Crippen LogP contribution in [0.3, 0.4) is 0 Å². The third-order valence-corrected chi connectivity index (χ3v) is 4.23. The molecule has 110 valence electrons. The molecule has 0 aromatic heterocycles. The van der Waals surface area contributed by atoms with Crippen molar-refractivity contribution < 1.29 is 9.94 Å². The summed E-state index contributed by atoms with van der Waals surface area (Å²) in [6.45, 7) is 9.16. The highest BCUT2D eigenvalue weighted by molar-refractivity contribution is 5.85. The van der Waals surface area contributed by atoms with Gasteiger partial charge in [-0.25, -0.2) is 0 Å². The second-order valence-electron chi connectivity index (χ2n) is 5.52. The van der Waals surface area contributed by atoms with Crippen molar-refractivity contribution in [2.75, 3.05) is 45.9 Å². The van der Waals surface area contributed by atoms with E-state index in [4.69, 9.17) is 15.7 Å². The minimum absolute atomic E-state index is 0.0713. The van der Waals surface area contributed by atoms with E-state index < -0.39 is 0 Å². The second-order valence-corrected chi connectivity index (χ2v) is 5.52. The van der Waals surface area contributed by atoms with Crippen LogP contribution in [0.2, 0.25) is 0 Å². The largest absolute Gasteiger partial charge is 0.409 e. The average Bonchev–Trinajstić information content (AvgIpc) is 2.94. The second kappa shape index (κ2) is 7.07. The molecule has 0 aromatic rings. The van der Waals surface area contributed by atoms with Gasteiger partial charge in [0, 0.05) is 39.3 Å². The Labute approximate surface area is 115 Å². The van der Waals surface area contributed by atoms with Crippen molar-refractivity contribution in [3.05, 3.63) is 0 Å². The molecule has 2 atom stereocenters. The quantitative estimate of drug-likeness (QED) is 0.322. The molecule has 0 bridgehead atoms. The number of nitrogens with two attached hydrogens (primary N) is 1. The average molecular weight is 270 g/mol. The molecule has 0 saturated carbocycles. The molecule has 2 heterocycles. The predicted octanol–water partition coefficient (Wildman–Crippen LogP) is 0.166. The lowest BCUT2D eigenvalue weighted by Crippen LogP contribution is -2.54. The van der Waals surface area contributed by atoms with E-state index in [2.05, 4.69) is 21.9 Å². The van der Waals surface area contributed by atoms with Gasteiger partial charge in [-0.05, 0) is 18.8 Å². The van der Waals surface area contributed by atoms with E-state index in [9.17, 15) is 0 Å². The van der Waals surface area contributed by atoms with Crippen LogP contribution in [0.1, 0.15) is 19.8 Å². The minimum atomic E-state index is 0.0713. The lowest BCUT2D eigenvalue weighted by molar-refractivity contribution is 0.0974. The molecule has 2 rings (SSSR count). The van der Waals surface area contributed by atoms with Gasteiger partial charge in [0.1, 0.15) is 0 Å². The summed E-state index contributed by atoms with van der Waals surface area (Å²) < 4.78 is 5.42. The predicted molar refractivity (Wildman–Crippen MR) is 74.4 cm³/mol. The van der Waals surface area contributed by atoms with E-state index in [1.165, 1.54) is 6.42 Å². The number of oxime groups is 1. The van der Waals surface area contributed by atoms with Crippen LogP contribution in [-0.4, -0.2) is 72.8 Å². The summed E-state index contributed by atoms with van der Waals surface area (Å²) in [6.07, 6.45) is 2.08. The first-order chi connectivity index (χ1) is 9.24. The Bertz CT molecular complexity index is 297. The van der Waals surface area contributed by atoms with E-state index >= 15 is 0 Å². The smallest absolute Gasteiger partial charge is 0.156 e. The molecule has 2 aliphatic heterocycles. The Morgan fingerprint density at radius 1 is 1.42 bits per heavy atom. The fraction of sp³-hybridized carbons (Fsp3) is 0.923. The zero-order valence-corrected chi connectivity index (χ0v) is 11.8. The fourth-order valence-corrected chi connectivity index (χ4v) is 3.07. The van der Waals surface area contributed by atoms with Gasteiger partial charge in [0.15, 0.2) is 5.84 Å². The highest BCUT2D eigenvalue weighted by Crippen LogP contribution is 2.16. The Morgan fingerprint density at radius 2 is 2.16 bits per heavy atom. The van der Waals surface area contributed by atoms with E-state index in [0.29, 0.717) is 11.8 Å². The molecule has 19 heavy (non-hydrogen) atoms. The van der Waals surface area contributed by atoms with E-state index in [1.807, 2.05) is 0 Å². The van der Waals surface area contributed by atoms with E-state index in [0.717, 1.165) is 52.4 Å². The van der Waals surface area contributed by atoms with Gasteiger partial charge in [-0.2, -0.15) is 0 Å². The zero-order valence-electron chi connectivity index (χ0n) is 11.8. The van der Waals surface area contributed by atoms with E-state index in [-0.39, 0.29) is 6.04 Å². The van der Waals surface area contributed by atoms with Crippen LogP contribution in [0.4, 0.5) is 0 Å². The third-order valence-electron chi connectivity index (χ3n) is 4.23. The van der Waals surface area contributed by atoms with Crippen molar-refractivity contribution in [2.24, 2.45) is 16.8 Å². The number of piperazine rings is 1. The van der Waals surface area contributed by atoms with Gasteiger partial charge in [0.05, 0.1) is 12.6 Å². The summed E-state index contributed by atoms with van der Waals surface area (Å²) in [5.41, 5.74) is 5.75. The van der Waals surface area contributed by atoms with Crippen LogP contribution < -0.4 is 5.73 Å². The fourth-order valence-electron chi connectivity index (χ4n) is 3.07. The summed E-state index contributed by atoms with van der Waals surface area (Å²) >= 11 is 0. The van der Waals surface area contributed by atoms with Crippen LogP contribution in [0.15, 0.2) is 5.16 Å². The van der Waals surface area contributed by atoms with Gasteiger partial charge in [0.25, 0.3) is 0 Å². The molecule has 6 heteroatoms. The minimum Gasteiger partial charge on any atom is -0.409 e. The number of hydrogen-bond donors (Lipinski definition) is 2. The first kappa shape index (κ1) is 14.6. The van der Waals surface area contributed by atoms with Crippen molar-refractivity contribution in [3.63, 3.8) is 0 Å². The molecule has 6 nitrogen and oxygen atoms in total. The number of rotatable bonds is 5. The van der Waals surface area contributed by atoms with Gasteiger partial charge in [-0.15, -0.1) is 0 Å². The normalized spacial score (nSPS) is 28.7. The molecular formula is C13H26N4O2. The summed E-state index contributed by atoms with van der Waals surface area (Å²) in [5.74, 6) is 1.04. The Hall–Kier alpha value is -0.850. The summed E-state index contributed by atoms with van der Waals surface area (Å²) in [4.78, 5) is 4.82. The number of amidine groups is 1. The summed E-state index contributed by atoms with van der Waals surface area (Å²) in [7, 11) is 0. The van der Waals surface area contributed by atoms with Crippen LogP contribution in [0.25, 0.3) is 0 Å². The van der Waals surface area contributed by atoms with Gasteiger partial charge in [-0.3, -0.25) is 4.90 Å². The molecule has 2 saturated heterocycles. The Kier molecular flexibility index (Phi) is 5.42. The topological polar surface area (TPSA) is 74.3 Å². The maximum atomic E-state index is 8.82. The molecular weight excluding hydrogens is 244 g/mol. The molecule has 0 amide bonds. The van der Waals surface area contributed by atoms with Gasteiger partial charge < -0.3 is 20.6 Å². The number of hydrogen-bond acceptors (Lipinski definition) is 5. The van der Waals surface area contributed by atoms with Crippen LogP contribution in [-0.2, 0) is 4.74 Å². The first-order valence-electron chi connectivity index (χ1n) is 7.26. The van der Waals surface area contributed by atoms with Crippen LogP contribution in [0.5, 0.6) is 0 Å². The maximum absolute atomic E-state index is 8.82. The SMILES string of the molecule is CCC(C(N)=NO)N1CCN(CC2CCOC2)CC1. The lowest BCUT2D eigenvalue weighted by atomic mass is 10.1. The molecule has 0 radical (unpaired) electrons. The van der Waals surface area contributed by atoms with E-state index in [1.54, 1.807) is 0 Å². The highest BCUT2D eigenvalue weighted by atomic mass is 16.5. The standard InChI is InChI=1S/C13H26N4O2/c1-2-12(13(14)15-18)17-6-4-16(5-7-17)9-11-3-8-19-10-11/h11-12,18H,2-10H2,1H3,(H2,14,15). The van der Waals surface area contributed by atoms with Crippen LogP contribution in [0, 0.1) is 5.92 Å². The van der Waals surface area contributed by atoms with Gasteiger partial charge in [-0.1, -0.05) is 12.1 Å². The maximum Gasteiger partial charge on any atom is 0.156 e. The third kappa shape index (κ3) is 3.81. The first-order valence-corrected chi connectivity index (χ1v) is 7.26. The molecule has 0 aromatic carbocycles.